The molecule has 0 saturated carbocycles. The van der Waals surface area contributed by atoms with E-state index >= 15 is 0 Å². The fourth-order valence-corrected chi connectivity index (χ4v) is 1.15. The summed E-state index contributed by atoms with van der Waals surface area (Å²) >= 11 is 2.79. The van der Waals surface area contributed by atoms with Gasteiger partial charge in [0.05, 0.1) is 6.61 Å². The molecular formula is C6H8F2I2O3. The normalized spacial score (nSPS) is 13.9. The molecular weight excluding hydrogens is 412 g/mol. The van der Waals surface area contributed by atoms with E-state index in [4.69, 9.17) is 0 Å². The maximum atomic E-state index is 12.2. The Morgan fingerprint density at radius 2 is 2.15 bits per heavy atom. The van der Waals surface area contributed by atoms with E-state index in [2.05, 4.69) is 9.47 Å². The van der Waals surface area contributed by atoms with Crippen molar-refractivity contribution in [3.05, 3.63) is 0 Å². The average molecular weight is 420 g/mol. The van der Waals surface area contributed by atoms with Crippen LogP contribution in [0.25, 0.3) is 0 Å². The summed E-state index contributed by atoms with van der Waals surface area (Å²) in [6.07, 6.45) is -0.612. The lowest BCUT2D eigenvalue weighted by Gasteiger charge is -2.16. The topological polar surface area (TPSA) is 35.5 Å². The van der Waals surface area contributed by atoms with Gasteiger partial charge in [-0.15, -0.1) is 0 Å². The van der Waals surface area contributed by atoms with Crippen LogP contribution < -0.4 is 0 Å². The molecule has 0 aromatic rings. The van der Waals surface area contributed by atoms with Crippen molar-refractivity contribution in [3.8, 4) is 0 Å². The van der Waals surface area contributed by atoms with Gasteiger partial charge in [-0.1, -0.05) is 22.6 Å². The van der Waals surface area contributed by atoms with E-state index in [0.717, 1.165) is 22.6 Å². The molecule has 0 aromatic carbocycles. The van der Waals surface area contributed by atoms with Crippen LogP contribution in [0.4, 0.5) is 8.78 Å². The molecule has 1 unspecified atom stereocenters. The third kappa shape index (κ3) is 9.06. The van der Waals surface area contributed by atoms with E-state index in [1.807, 2.05) is 22.6 Å². The number of halogens is 4. The van der Waals surface area contributed by atoms with Gasteiger partial charge < -0.3 is 9.47 Å². The SMILES string of the molecule is CC(=O)OC(CI)COC(F)(F)I. The first kappa shape index (κ1) is 13.8. The van der Waals surface area contributed by atoms with Crippen molar-refractivity contribution in [2.45, 2.75) is 17.1 Å². The summed E-state index contributed by atoms with van der Waals surface area (Å²) in [4.78, 5) is 10.5. The molecule has 0 aliphatic carbocycles. The predicted octanol–water partition coefficient (Wildman–Crippen LogP) is 2.36. The third-order valence-corrected chi connectivity index (χ3v) is 2.23. The molecule has 0 aliphatic heterocycles. The summed E-state index contributed by atoms with van der Waals surface area (Å²) in [6, 6.07) is 0. The maximum Gasteiger partial charge on any atom is 0.407 e. The lowest BCUT2D eigenvalue weighted by atomic mass is 10.4. The number of rotatable bonds is 5. The Labute approximate surface area is 102 Å². The summed E-state index contributed by atoms with van der Waals surface area (Å²) in [5, 5.41) is 0. The molecule has 7 heteroatoms. The number of alkyl halides is 4. The highest BCUT2D eigenvalue weighted by atomic mass is 127. The zero-order valence-corrected chi connectivity index (χ0v) is 11.0. The van der Waals surface area contributed by atoms with E-state index in [9.17, 15) is 13.6 Å². The number of hydrogen-bond acceptors (Lipinski definition) is 3. The summed E-state index contributed by atoms with van der Waals surface area (Å²) in [6.45, 7) is 0.931. The lowest BCUT2D eigenvalue weighted by molar-refractivity contribution is -0.174. The first-order chi connectivity index (χ1) is 5.85. The summed E-state index contributed by atoms with van der Waals surface area (Å²) in [5.74, 6) is -0.498. The molecule has 0 bridgehead atoms. The van der Waals surface area contributed by atoms with Crippen LogP contribution in [-0.4, -0.2) is 27.2 Å². The molecule has 0 radical (unpaired) electrons. The van der Waals surface area contributed by atoms with Gasteiger partial charge in [-0.3, -0.25) is 4.79 Å². The monoisotopic (exact) mass is 420 g/mol. The van der Waals surface area contributed by atoms with Crippen molar-refractivity contribution in [1.29, 1.82) is 0 Å². The van der Waals surface area contributed by atoms with Crippen LogP contribution in [0.2, 0.25) is 0 Å². The summed E-state index contributed by atoms with van der Waals surface area (Å²) in [5.41, 5.74) is 0. The van der Waals surface area contributed by atoms with Crippen LogP contribution >= 0.6 is 45.2 Å². The first-order valence-electron chi connectivity index (χ1n) is 3.29. The Bertz CT molecular complexity index is 172. The zero-order valence-electron chi connectivity index (χ0n) is 6.73. The summed E-state index contributed by atoms with van der Waals surface area (Å²) in [7, 11) is 0. The third-order valence-electron chi connectivity index (χ3n) is 0.938. The van der Waals surface area contributed by atoms with E-state index in [0.29, 0.717) is 4.43 Å². The Morgan fingerprint density at radius 1 is 1.62 bits per heavy atom. The van der Waals surface area contributed by atoms with E-state index in [-0.39, 0.29) is 6.61 Å². The number of hydrogen-bond donors (Lipinski definition) is 0. The molecule has 0 saturated heterocycles. The highest BCUT2D eigenvalue weighted by molar-refractivity contribution is 14.1. The van der Waals surface area contributed by atoms with E-state index in [1.165, 1.54) is 6.92 Å². The highest BCUT2D eigenvalue weighted by Gasteiger charge is 2.26. The van der Waals surface area contributed by atoms with Gasteiger partial charge in [-0.2, -0.15) is 8.78 Å². The molecule has 78 valence electrons. The van der Waals surface area contributed by atoms with Crippen molar-refractivity contribution in [3.63, 3.8) is 0 Å². The van der Waals surface area contributed by atoms with Crippen molar-refractivity contribution in [2.24, 2.45) is 0 Å². The Hall–Kier alpha value is 0.750. The average Bonchev–Trinajstić information content (AvgIpc) is 1.95. The van der Waals surface area contributed by atoms with Crippen molar-refractivity contribution < 1.29 is 23.0 Å². The van der Waals surface area contributed by atoms with E-state index in [1.54, 1.807) is 0 Å². The van der Waals surface area contributed by atoms with Crippen molar-refractivity contribution >= 4 is 51.2 Å². The minimum absolute atomic E-state index is 0.293. The molecule has 0 aliphatic rings. The molecule has 1 atom stereocenters. The lowest BCUT2D eigenvalue weighted by Crippen LogP contribution is -2.27. The van der Waals surface area contributed by atoms with Crippen LogP contribution in [0.3, 0.4) is 0 Å². The molecule has 13 heavy (non-hydrogen) atoms. The second kappa shape index (κ2) is 6.27. The second-order valence-electron chi connectivity index (χ2n) is 2.14. The van der Waals surface area contributed by atoms with Crippen LogP contribution in [0.5, 0.6) is 0 Å². The van der Waals surface area contributed by atoms with Gasteiger partial charge in [0.25, 0.3) is 0 Å². The molecule has 0 N–H and O–H groups in total. The molecule has 0 spiro atoms. The van der Waals surface area contributed by atoms with Gasteiger partial charge in [-0.25, -0.2) is 0 Å². The Balaban J connectivity index is 3.79. The molecule has 0 aromatic heterocycles. The fraction of sp³-hybridized carbons (Fsp3) is 0.833. The van der Waals surface area contributed by atoms with Gasteiger partial charge in [0, 0.05) is 33.9 Å². The minimum Gasteiger partial charge on any atom is -0.459 e. The maximum absolute atomic E-state index is 12.2. The van der Waals surface area contributed by atoms with Crippen molar-refractivity contribution in [1.82, 2.24) is 0 Å². The van der Waals surface area contributed by atoms with Gasteiger partial charge in [0.15, 0.2) is 0 Å². The highest BCUT2D eigenvalue weighted by Crippen LogP contribution is 2.24. The number of esters is 1. The van der Waals surface area contributed by atoms with Crippen LogP contribution in [0.15, 0.2) is 0 Å². The molecule has 0 amide bonds. The molecule has 0 rings (SSSR count). The molecule has 0 heterocycles. The Morgan fingerprint density at radius 3 is 2.46 bits per heavy atom. The zero-order chi connectivity index (χ0) is 10.5. The van der Waals surface area contributed by atoms with Crippen LogP contribution in [-0.2, 0) is 14.3 Å². The van der Waals surface area contributed by atoms with Gasteiger partial charge in [0.2, 0.25) is 0 Å². The molecule has 0 fully saturated rings. The number of carbonyl (C=O) groups is 1. The number of ether oxygens (including phenoxy) is 2. The van der Waals surface area contributed by atoms with Crippen LogP contribution in [0, 0.1) is 0 Å². The van der Waals surface area contributed by atoms with E-state index < -0.39 is 16.2 Å². The van der Waals surface area contributed by atoms with Crippen molar-refractivity contribution in [2.75, 3.05) is 11.0 Å². The first-order valence-corrected chi connectivity index (χ1v) is 5.89. The van der Waals surface area contributed by atoms with Crippen LogP contribution in [0.1, 0.15) is 6.92 Å². The Kier molecular flexibility index (Phi) is 6.64. The fourth-order valence-electron chi connectivity index (χ4n) is 0.532. The second-order valence-corrected chi connectivity index (χ2v) is 4.28. The van der Waals surface area contributed by atoms with Gasteiger partial charge in [0.1, 0.15) is 6.10 Å². The summed E-state index contributed by atoms with van der Waals surface area (Å²) < 4.78 is 30.4. The van der Waals surface area contributed by atoms with Gasteiger partial charge in [-0.05, 0) is 0 Å². The smallest absolute Gasteiger partial charge is 0.407 e. The van der Waals surface area contributed by atoms with Gasteiger partial charge >= 0.3 is 10.1 Å². The largest absolute Gasteiger partial charge is 0.459 e. The molecule has 3 nitrogen and oxygen atoms in total. The standard InChI is InChI=1S/C6H8F2I2O3/c1-4(11)13-5(2-9)3-12-6(7,8)10/h5H,2-3H2,1H3. The quantitative estimate of drug-likeness (QED) is 0.390. The number of carbonyl (C=O) groups excluding carboxylic acids is 1. The predicted molar refractivity (Wildman–Crippen MR) is 59.4 cm³/mol. The minimum atomic E-state index is -3.21.